The van der Waals surface area contributed by atoms with Crippen LogP contribution in [0.5, 0.6) is 0 Å². The third-order valence-electron chi connectivity index (χ3n) is 5.37. The number of nitrogens with one attached hydrogen (secondary N) is 2. The Hall–Kier alpha value is -2.28. The van der Waals surface area contributed by atoms with E-state index in [0.717, 1.165) is 55.4 Å². The molecule has 1 aliphatic heterocycles. The first-order chi connectivity index (χ1) is 13.2. The van der Waals surface area contributed by atoms with Crippen LogP contribution in [0.4, 0.5) is 0 Å². The van der Waals surface area contributed by atoms with E-state index in [1.165, 1.54) is 11.1 Å². The largest absolute Gasteiger partial charge is 0.379 e. The van der Waals surface area contributed by atoms with Crippen molar-refractivity contribution in [3.05, 3.63) is 59.2 Å². The third-order valence-corrected chi connectivity index (χ3v) is 5.37. The molecule has 1 saturated heterocycles. The second kappa shape index (κ2) is 8.17. The molecule has 27 heavy (non-hydrogen) atoms. The highest BCUT2D eigenvalue weighted by molar-refractivity contribution is 5.79. The average Bonchev–Trinajstić information content (AvgIpc) is 3.13. The Labute approximate surface area is 160 Å². The fourth-order valence-corrected chi connectivity index (χ4v) is 3.66. The minimum atomic E-state index is 0.239. The van der Waals surface area contributed by atoms with Gasteiger partial charge in [0, 0.05) is 25.8 Å². The Morgan fingerprint density at radius 1 is 1.19 bits per heavy atom. The number of hydrogen-bond donors (Lipinski definition) is 2. The molecule has 1 aliphatic rings. The number of aromatic amines is 1. The number of morpholine rings is 1. The summed E-state index contributed by atoms with van der Waals surface area (Å²) in [5.74, 6) is 0.973. The first-order valence-corrected chi connectivity index (χ1v) is 9.60. The first kappa shape index (κ1) is 18.1. The smallest absolute Gasteiger partial charge is 0.121 e. The van der Waals surface area contributed by atoms with Crippen LogP contribution in [-0.2, 0) is 11.3 Å². The molecule has 0 bridgehead atoms. The molecule has 1 atom stereocenters. The molecular formula is C21H27N5O. The van der Waals surface area contributed by atoms with E-state index in [1.807, 2.05) is 12.3 Å². The molecule has 0 aliphatic carbocycles. The number of aromatic nitrogens is 3. The lowest BCUT2D eigenvalue weighted by molar-refractivity contribution is 0.0152. The number of imidazole rings is 1. The van der Waals surface area contributed by atoms with Crippen LogP contribution in [0.1, 0.15) is 28.7 Å². The maximum Gasteiger partial charge on any atom is 0.121 e. The van der Waals surface area contributed by atoms with E-state index in [4.69, 9.17) is 9.72 Å². The molecule has 6 nitrogen and oxygen atoms in total. The maximum absolute atomic E-state index is 5.52. The fourth-order valence-electron chi connectivity index (χ4n) is 3.66. The van der Waals surface area contributed by atoms with Crippen molar-refractivity contribution < 1.29 is 4.74 Å². The highest BCUT2D eigenvalue weighted by Gasteiger charge is 2.23. The normalized spacial score (nSPS) is 16.7. The highest BCUT2D eigenvalue weighted by Crippen LogP contribution is 2.21. The lowest BCUT2D eigenvalue weighted by atomic mass is 10.1. The van der Waals surface area contributed by atoms with E-state index in [-0.39, 0.29) is 6.04 Å². The van der Waals surface area contributed by atoms with Gasteiger partial charge in [-0.1, -0.05) is 12.1 Å². The van der Waals surface area contributed by atoms with Crippen LogP contribution in [0, 0.1) is 13.8 Å². The van der Waals surface area contributed by atoms with Crippen molar-refractivity contribution in [1.82, 2.24) is 25.2 Å². The molecule has 2 N–H and O–H groups in total. The fraction of sp³-hybridized carbons (Fsp3) is 0.429. The summed E-state index contributed by atoms with van der Waals surface area (Å²) in [7, 11) is 0. The molecule has 4 rings (SSSR count). The monoisotopic (exact) mass is 365 g/mol. The number of pyridine rings is 1. The molecule has 1 unspecified atom stereocenters. The van der Waals surface area contributed by atoms with E-state index < -0.39 is 0 Å². The van der Waals surface area contributed by atoms with E-state index in [0.29, 0.717) is 6.54 Å². The van der Waals surface area contributed by atoms with Gasteiger partial charge in [0.15, 0.2) is 0 Å². The SMILES string of the molecule is Cc1ccc2[nH]c(CNCC(c3ccccn3)N3CCOCC3)nc2c1C. The van der Waals surface area contributed by atoms with Crippen molar-refractivity contribution in [2.75, 3.05) is 32.8 Å². The Morgan fingerprint density at radius 2 is 2.04 bits per heavy atom. The molecule has 6 heteroatoms. The molecule has 0 radical (unpaired) electrons. The summed E-state index contributed by atoms with van der Waals surface area (Å²) in [5.41, 5.74) is 5.79. The molecule has 142 valence electrons. The van der Waals surface area contributed by atoms with Gasteiger partial charge in [0.1, 0.15) is 5.82 Å². The summed E-state index contributed by atoms with van der Waals surface area (Å²) in [4.78, 5) is 15.3. The van der Waals surface area contributed by atoms with Crippen LogP contribution < -0.4 is 5.32 Å². The maximum atomic E-state index is 5.52. The number of rotatable bonds is 6. The summed E-state index contributed by atoms with van der Waals surface area (Å²) < 4.78 is 5.52. The minimum absolute atomic E-state index is 0.239. The van der Waals surface area contributed by atoms with Crippen LogP contribution in [-0.4, -0.2) is 52.7 Å². The van der Waals surface area contributed by atoms with Gasteiger partial charge in [-0.2, -0.15) is 0 Å². The van der Waals surface area contributed by atoms with Gasteiger partial charge in [0.05, 0.1) is 42.5 Å². The molecule has 3 heterocycles. The zero-order chi connectivity index (χ0) is 18.6. The van der Waals surface area contributed by atoms with Crippen LogP contribution in [0.2, 0.25) is 0 Å². The zero-order valence-electron chi connectivity index (χ0n) is 16.0. The molecule has 3 aromatic rings. The Kier molecular flexibility index (Phi) is 5.48. The highest BCUT2D eigenvalue weighted by atomic mass is 16.5. The van der Waals surface area contributed by atoms with Gasteiger partial charge in [0.25, 0.3) is 0 Å². The van der Waals surface area contributed by atoms with Crippen molar-refractivity contribution >= 4 is 11.0 Å². The number of benzene rings is 1. The van der Waals surface area contributed by atoms with Crippen molar-refractivity contribution in [3.63, 3.8) is 0 Å². The van der Waals surface area contributed by atoms with Gasteiger partial charge in [0.2, 0.25) is 0 Å². The number of aryl methyl sites for hydroxylation is 2. The lowest BCUT2D eigenvalue weighted by Gasteiger charge is -2.34. The number of hydrogen-bond acceptors (Lipinski definition) is 5. The minimum Gasteiger partial charge on any atom is -0.379 e. The lowest BCUT2D eigenvalue weighted by Crippen LogP contribution is -2.43. The van der Waals surface area contributed by atoms with Gasteiger partial charge >= 0.3 is 0 Å². The van der Waals surface area contributed by atoms with E-state index >= 15 is 0 Å². The van der Waals surface area contributed by atoms with Crippen LogP contribution >= 0.6 is 0 Å². The Morgan fingerprint density at radius 3 is 2.81 bits per heavy atom. The van der Waals surface area contributed by atoms with Gasteiger partial charge in [-0.25, -0.2) is 4.98 Å². The van der Waals surface area contributed by atoms with Crippen LogP contribution in [0.15, 0.2) is 36.5 Å². The van der Waals surface area contributed by atoms with E-state index in [1.54, 1.807) is 0 Å². The molecular weight excluding hydrogens is 338 g/mol. The Balaban J connectivity index is 1.45. The topological polar surface area (TPSA) is 66.1 Å². The first-order valence-electron chi connectivity index (χ1n) is 9.60. The predicted molar refractivity (Wildman–Crippen MR) is 107 cm³/mol. The van der Waals surface area contributed by atoms with Crippen molar-refractivity contribution in [2.45, 2.75) is 26.4 Å². The summed E-state index contributed by atoms with van der Waals surface area (Å²) in [6.07, 6.45) is 1.87. The van der Waals surface area contributed by atoms with Crippen LogP contribution in [0.3, 0.4) is 0 Å². The van der Waals surface area contributed by atoms with Crippen LogP contribution in [0.25, 0.3) is 11.0 Å². The molecule has 1 aromatic carbocycles. The molecule has 0 amide bonds. The summed E-state index contributed by atoms with van der Waals surface area (Å²) in [6.45, 7) is 9.23. The Bertz CT molecular complexity index is 886. The molecule has 0 saturated carbocycles. The molecule has 1 fully saturated rings. The number of nitrogens with zero attached hydrogens (tertiary/aromatic N) is 3. The van der Waals surface area contributed by atoms with E-state index in [2.05, 4.69) is 58.3 Å². The average molecular weight is 365 g/mol. The van der Waals surface area contributed by atoms with Crippen molar-refractivity contribution in [1.29, 1.82) is 0 Å². The van der Waals surface area contributed by atoms with Gasteiger partial charge in [-0.05, 0) is 43.2 Å². The predicted octanol–water partition coefficient (Wildman–Crippen LogP) is 2.74. The summed E-state index contributed by atoms with van der Waals surface area (Å²) in [6, 6.07) is 10.6. The van der Waals surface area contributed by atoms with Gasteiger partial charge in [-0.15, -0.1) is 0 Å². The zero-order valence-corrected chi connectivity index (χ0v) is 16.0. The molecule has 2 aromatic heterocycles. The number of H-pyrrole nitrogens is 1. The van der Waals surface area contributed by atoms with Gasteiger partial charge in [-0.3, -0.25) is 9.88 Å². The summed E-state index contributed by atoms with van der Waals surface area (Å²) >= 11 is 0. The third kappa shape index (κ3) is 4.03. The van der Waals surface area contributed by atoms with Crippen molar-refractivity contribution in [3.8, 4) is 0 Å². The van der Waals surface area contributed by atoms with Crippen molar-refractivity contribution in [2.24, 2.45) is 0 Å². The van der Waals surface area contributed by atoms with Gasteiger partial charge < -0.3 is 15.0 Å². The molecule has 0 spiro atoms. The standard InChI is InChI=1S/C21H27N5O/c1-15-6-7-18-21(16(15)2)25-20(24-18)14-22-13-19(17-5-3-4-8-23-17)26-9-11-27-12-10-26/h3-8,19,22H,9-14H2,1-2H3,(H,24,25). The quantitative estimate of drug-likeness (QED) is 0.703. The van der Waals surface area contributed by atoms with E-state index in [9.17, 15) is 0 Å². The summed E-state index contributed by atoms with van der Waals surface area (Å²) in [5, 5.41) is 3.58. The number of ether oxygens (including phenoxy) is 1. The number of fused-ring (bicyclic) bond motifs is 1. The second-order valence-electron chi connectivity index (χ2n) is 7.14. The second-order valence-corrected chi connectivity index (χ2v) is 7.14.